The van der Waals surface area contributed by atoms with Gasteiger partial charge >= 0.3 is 0 Å². The Kier molecular flexibility index (Phi) is 2.80. The maximum atomic E-state index is 4.99. The molecule has 0 saturated heterocycles. The highest BCUT2D eigenvalue weighted by Gasteiger charge is 2.01. The molecule has 0 aliphatic heterocycles. The van der Waals surface area contributed by atoms with Crippen LogP contribution in [0.25, 0.3) is 0 Å². The molecule has 12 heavy (non-hydrogen) atoms. The zero-order valence-corrected chi connectivity index (χ0v) is 7.37. The van der Waals surface area contributed by atoms with Crippen LogP contribution in [0.1, 0.15) is 12.5 Å². The van der Waals surface area contributed by atoms with E-state index in [1.54, 1.807) is 13.3 Å². The quantitative estimate of drug-likeness (QED) is 0.640. The first-order valence-electron chi connectivity index (χ1n) is 3.81. The standard InChI is InChI=1S/C9H12N2O/c1-4-7-5-8(10-2)9(12-3)11-6-7/h5-6H,2,4H2,1,3H3. The minimum atomic E-state index is 0.530. The molecular formula is C9H12N2O. The Morgan fingerprint density at radius 2 is 2.42 bits per heavy atom. The van der Waals surface area contributed by atoms with Gasteiger partial charge in [0.05, 0.1) is 7.11 Å². The first-order valence-corrected chi connectivity index (χ1v) is 3.81. The van der Waals surface area contributed by atoms with Crippen LogP contribution in [0.4, 0.5) is 5.69 Å². The SMILES string of the molecule is C=Nc1cc(CC)cnc1OC. The second kappa shape index (κ2) is 3.85. The highest BCUT2D eigenvalue weighted by Crippen LogP contribution is 2.24. The third kappa shape index (κ3) is 1.61. The van der Waals surface area contributed by atoms with Crippen LogP contribution >= 0.6 is 0 Å². The second-order valence-electron chi connectivity index (χ2n) is 2.38. The number of pyridine rings is 1. The van der Waals surface area contributed by atoms with Gasteiger partial charge in [-0.25, -0.2) is 4.98 Å². The number of rotatable bonds is 3. The zero-order valence-electron chi connectivity index (χ0n) is 7.37. The predicted molar refractivity (Wildman–Crippen MR) is 49.4 cm³/mol. The van der Waals surface area contributed by atoms with E-state index < -0.39 is 0 Å². The molecule has 0 saturated carbocycles. The fourth-order valence-corrected chi connectivity index (χ4v) is 0.946. The molecule has 0 aliphatic rings. The van der Waals surface area contributed by atoms with Gasteiger partial charge in [0.1, 0.15) is 5.69 Å². The highest BCUT2D eigenvalue weighted by molar-refractivity contribution is 5.53. The van der Waals surface area contributed by atoms with E-state index in [2.05, 4.69) is 23.6 Å². The first-order chi connectivity index (χ1) is 5.81. The number of ether oxygens (including phenoxy) is 1. The molecule has 1 rings (SSSR count). The van der Waals surface area contributed by atoms with Gasteiger partial charge in [0.25, 0.3) is 0 Å². The maximum absolute atomic E-state index is 4.99. The van der Waals surface area contributed by atoms with Gasteiger partial charge in [0.15, 0.2) is 0 Å². The fraction of sp³-hybridized carbons (Fsp3) is 0.333. The monoisotopic (exact) mass is 164 g/mol. The van der Waals surface area contributed by atoms with Crippen LogP contribution in [0.2, 0.25) is 0 Å². The summed E-state index contributed by atoms with van der Waals surface area (Å²) in [5, 5.41) is 0. The Hall–Kier alpha value is -1.38. The van der Waals surface area contributed by atoms with Gasteiger partial charge in [-0.1, -0.05) is 6.92 Å². The van der Waals surface area contributed by atoms with Gasteiger partial charge in [0.2, 0.25) is 5.88 Å². The van der Waals surface area contributed by atoms with Gasteiger partial charge in [-0.3, -0.25) is 4.99 Å². The largest absolute Gasteiger partial charge is 0.479 e. The van der Waals surface area contributed by atoms with Crippen LogP contribution < -0.4 is 4.74 Å². The van der Waals surface area contributed by atoms with Crippen molar-refractivity contribution in [3.05, 3.63) is 17.8 Å². The summed E-state index contributed by atoms with van der Waals surface area (Å²) >= 11 is 0. The van der Waals surface area contributed by atoms with Gasteiger partial charge < -0.3 is 4.74 Å². The van der Waals surface area contributed by atoms with E-state index in [4.69, 9.17) is 4.74 Å². The number of aliphatic imine (C=N–C) groups is 1. The van der Waals surface area contributed by atoms with Crippen molar-refractivity contribution in [2.75, 3.05) is 7.11 Å². The number of nitrogens with zero attached hydrogens (tertiary/aromatic N) is 2. The Labute approximate surface area is 72.1 Å². The molecular weight excluding hydrogens is 152 g/mol. The summed E-state index contributed by atoms with van der Waals surface area (Å²) in [7, 11) is 1.57. The van der Waals surface area contributed by atoms with Crippen LogP contribution in [0.3, 0.4) is 0 Å². The maximum Gasteiger partial charge on any atom is 0.239 e. The van der Waals surface area contributed by atoms with Crippen LogP contribution in [0.5, 0.6) is 5.88 Å². The molecule has 0 aliphatic carbocycles. The smallest absolute Gasteiger partial charge is 0.239 e. The minimum absolute atomic E-state index is 0.530. The van der Waals surface area contributed by atoms with E-state index in [0.29, 0.717) is 11.6 Å². The Morgan fingerprint density at radius 3 is 2.92 bits per heavy atom. The van der Waals surface area contributed by atoms with E-state index in [9.17, 15) is 0 Å². The number of aromatic nitrogens is 1. The number of hydrogen-bond donors (Lipinski definition) is 0. The molecule has 0 fully saturated rings. The predicted octanol–water partition coefficient (Wildman–Crippen LogP) is 1.98. The lowest BCUT2D eigenvalue weighted by Crippen LogP contribution is -1.89. The molecule has 0 amide bonds. The van der Waals surface area contributed by atoms with E-state index in [-0.39, 0.29) is 0 Å². The van der Waals surface area contributed by atoms with E-state index in [1.807, 2.05) is 6.07 Å². The van der Waals surface area contributed by atoms with Crippen molar-refractivity contribution in [1.29, 1.82) is 0 Å². The number of aryl methyl sites for hydroxylation is 1. The number of hydrogen-bond acceptors (Lipinski definition) is 3. The van der Waals surface area contributed by atoms with Crippen LogP contribution in [0.15, 0.2) is 17.3 Å². The van der Waals surface area contributed by atoms with Crippen molar-refractivity contribution in [2.24, 2.45) is 4.99 Å². The molecule has 1 heterocycles. The summed E-state index contributed by atoms with van der Waals surface area (Å²) < 4.78 is 4.99. The molecule has 0 unspecified atom stereocenters. The van der Waals surface area contributed by atoms with Crippen molar-refractivity contribution < 1.29 is 4.74 Å². The third-order valence-corrected chi connectivity index (χ3v) is 1.66. The zero-order chi connectivity index (χ0) is 8.97. The molecule has 0 spiro atoms. The third-order valence-electron chi connectivity index (χ3n) is 1.66. The van der Waals surface area contributed by atoms with Crippen LogP contribution in [-0.4, -0.2) is 18.8 Å². The minimum Gasteiger partial charge on any atom is -0.479 e. The molecule has 3 heteroatoms. The van der Waals surface area contributed by atoms with Crippen LogP contribution in [-0.2, 0) is 6.42 Å². The second-order valence-corrected chi connectivity index (χ2v) is 2.38. The molecule has 64 valence electrons. The fourth-order valence-electron chi connectivity index (χ4n) is 0.946. The summed E-state index contributed by atoms with van der Waals surface area (Å²) in [6.07, 6.45) is 2.73. The summed E-state index contributed by atoms with van der Waals surface area (Å²) in [6.45, 7) is 5.51. The van der Waals surface area contributed by atoms with Gasteiger partial charge in [-0.05, 0) is 24.8 Å². The summed E-state index contributed by atoms with van der Waals surface area (Å²) in [5.74, 6) is 0.530. The summed E-state index contributed by atoms with van der Waals surface area (Å²) in [4.78, 5) is 7.90. The topological polar surface area (TPSA) is 34.5 Å². The lowest BCUT2D eigenvalue weighted by atomic mass is 10.2. The van der Waals surface area contributed by atoms with Crippen LogP contribution in [0, 0.1) is 0 Å². The molecule has 1 aromatic heterocycles. The molecule has 0 radical (unpaired) electrons. The molecule has 0 N–H and O–H groups in total. The highest BCUT2D eigenvalue weighted by atomic mass is 16.5. The van der Waals surface area contributed by atoms with Gasteiger partial charge in [-0.2, -0.15) is 0 Å². The Morgan fingerprint density at radius 1 is 1.67 bits per heavy atom. The van der Waals surface area contributed by atoms with Crippen molar-refractivity contribution in [1.82, 2.24) is 4.98 Å². The molecule has 3 nitrogen and oxygen atoms in total. The number of methoxy groups -OCH3 is 1. The normalized spacial score (nSPS) is 9.50. The van der Waals surface area contributed by atoms with Crippen molar-refractivity contribution in [3.8, 4) is 5.88 Å². The average Bonchev–Trinajstić information content (AvgIpc) is 2.16. The molecule has 0 atom stereocenters. The van der Waals surface area contributed by atoms with Gasteiger partial charge in [-0.15, -0.1) is 0 Å². The van der Waals surface area contributed by atoms with E-state index >= 15 is 0 Å². The Balaban J connectivity index is 3.10. The van der Waals surface area contributed by atoms with Crippen molar-refractivity contribution in [3.63, 3.8) is 0 Å². The van der Waals surface area contributed by atoms with Gasteiger partial charge in [0, 0.05) is 6.20 Å². The lowest BCUT2D eigenvalue weighted by molar-refractivity contribution is 0.399. The lowest BCUT2D eigenvalue weighted by Gasteiger charge is -2.03. The van der Waals surface area contributed by atoms with E-state index in [0.717, 1.165) is 12.0 Å². The van der Waals surface area contributed by atoms with Crippen molar-refractivity contribution in [2.45, 2.75) is 13.3 Å². The first kappa shape index (κ1) is 8.71. The summed E-state index contributed by atoms with van der Waals surface area (Å²) in [6, 6.07) is 1.93. The summed E-state index contributed by atoms with van der Waals surface area (Å²) in [5.41, 5.74) is 1.84. The average molecular weight is 164 g/mol. The van der Waals surface area contributed by atoms with Crippen molar-refractivity contribution >= 4 is 12.4 Å². The molecule has 0 bridgehead atoms. The molecule has 1 aromatic rings. The molecule has 0 aromatic carbocycles. The van der Waals surface area contributed by atoms with E-state index in [1.165, 1.54) is 0 Å². The Bertz CT molecular complexity index is 284.